The Morgan fingerprint density at radius 2 is 2.10 bits per heavy atom. The molecule has 21 heavy (non-hydrogen) atoms. The molecule has 0 aliphatic carbocycles. The monoisotopic (exact) mass is 304 g/mol. The summed E-state index contributed by atoms with van der Waals surface area (Å²) in [6.45, 7) is 1.49. The van der Waals surface area contributed by atoms with Crippen LogP contribution in [-0.2, 0) is 11.2 Å². The Morgan fingerprint density at radius 1 is 1.29 bits per heavy atom. The van der Waals surface area contributed by atoms with E-state index in [1.54, 1.807) is 22.7 Å². The molecule has 0 N–H and O–H groups in total. The van der Waals surface area contributed by atoms with Gasteiger partial charge in [-0.3, -0.25) is 4.79 Å². The lowest BCUT2D eigenvalue weighted by molar-refractivity contribution is -0.116. The summed E-state index contributed by atoms with van der Waals surface area (Å²) in [6.07, 6.45) is 1.86. The second-order valence-corrected chi connectivity index (χ2v) is 5.04. The van der Waals surface area contributed by atoms with E-state index in [9.17, 15) is 9.18 Å². The largest absolute Gasteiger partial charge is 0.301 e. The summed E-state index contributed by atoms with van der Waals surface area (Å²) in [7, 11) is 0. The van der Waals surface area contributed by atoms with Gasteiger partial charge in [0.2, 0.25) is 5.95 Å². The van der Waals surface area contributed by atoms with Crippen molar-refractivity contribution in [2.24, 2.45) is 0 Å². The zero-order valence-electron chi connectivity index (χ0n) is 11.0. The molecule has 3 heterocycles. The van der Waals surface area contributed by atoms with Crippen molar-refractivity contribution >= 4 is 23.0 Å². The molecule has 7 heteroatoms. The predicted octanol–water partition coefficient (Wildman–Crippen LogP) is 2.72. The Hall–Kier alpha value is -2.34. The molecule has 0 saturated heterocycles. The number of carbonyl (C=O) groups is 1. The van der Waals surface area contributed by atoms with Gasteiger partial charge in [0.25, 0.3) is 0 Å². The first-order valence-electron chi connectivity index (χ1n) is 6.20. The first-order chi connectivity index (χ1) is 10.0. The molecule has 0 aliphatic heterocycles. The number of hydrogen-bond acceptors (Lipinski definition) is 4. The van der Waals surface area contributed by atoms with E-state index in [0.717, 1.165) is 0 Å². The molecule has 0 atom stereocenters. The van der Waals surface area contributed by atoms with Crippen LogP contribution in [0.1, 0.15) is 12.6 Å². The Bertz CT molecular complexity index is 829. The number of nitrogens with zero attached hydrogens (tertiary/aromatic N) is 4. The minimum absolute atomic E-state index is 0.0203. The van der Waals surface area contributed by atoms with Gasteiger partial charge in [0.05, 0.1) is 10.7 Å². The van der Waals surface area contributed by atoms with E-state index in [-0.39, 0.29) is 12.2 Å². The maximum Gasteiger partial charge on any atom is 0.233 e. The molecule has 0 fully saturated rings. The summed E-state index contributed by atoms with van der Waals surface area (Å²) in [4.78, 5) is 15.9. The van der Waals surface area contributed by atoms with E-state index in [1.807, 2.05) is 0 Å². The van der Waals surface area contributed by atoms with Crippen LogP contribution in [0.3, 0.4) is 0 Å². The summed E-state index contributed by atoms with van der Waals surface area (Å²) in [5, 5.41) is 7.70. The molecule has 106 valence electrons. The van der Waals surface area contributed by atoms with Gasteiger partial charge < -0.3 is 4.40 Å². The lowest BCUT2D eigenvalue weighted by Gasteiger charge is -2.02. The average Bonchev–Trinajstić information content (AvgIpc) is 2.77. The van der Waals surface area contributed by atoms with Gasteiger partial charge in [0, 0.05) is 12.6 Å². The molecule has 0 bridgehead atoms. The standard InChI is InChI=1S/C14H10ClFN4O/c1-8(21)6-11-14(10-3-4-12(16)19-18-10)17-13-5-2-9(15)7-20(11)13/h2-5,7H,6H2,1H3. The van der Waals surface area contributed by atoms with Gasteiger partial charge >= 0.3 is 0 Å². The van der Waals surface area contributed by atoms with E-state index >= 15 is 0 Å². The number of carbonyl (C=O) groups excluding carboxylic acids is 1. The lowest BCUT2D eigenvalue weighted by Crippen LogP contribution is -2.03. The number of halogens is 2. The number of ketones is 1. The van der Waals surface area contributed by atoms with Gasteiger partial charge in [-0.05, 0) is 31.2 Å². The maximum absolute atomic E-state index is 12.9. The second-order valence-electron chi connectivity index (χ2n) is 4.60. The van der Waals surface area contributed by atoms with Crippen LogP contribution in [0.4, 0.5) is 4.39 Å². The topological polar surface area (TPSA) is 60.2 Å². The molecule has 3 aromatic heterocycles. The van der Waals surface area contributed by atoms with Crippen molar-refractivity contribution in [2.45, 2.75) is 13.3 Å². The normalized spacial score (nSPS) is 11.0. The van der Waals surface area contributed by atoms with Crippen molar-refractivity contribution in [3.05, 3.63) is 47.1 Å². The molecule has 0 radical (unpaired) electrons. The van der Waals surface area contributed by atoms with Crippen LogP contribution in [-0.4, -0.2) is 25.4 Å². The van der Waals surface area contributed by atoms with Gasteiger partial charge in [-0.15, -0.1) is 10.2 Å². The summed E-state index contributed by atoms with van der Waals surface area (Å²) >= 11 is 5.99. The van der Waals surface area contributed by atoms with Crippen molar-refractivity contribution in [3.8, 4) is 11.4 Å². The Morgan fingerprint density at radius 3 is 2.76 bits per heavy atom. The number of rotatable bonds is 3. The summed E-state index contributed by atoms with van der Waals surface area (Å²) in [5.41, 5.74) is 2.20. The third-order valence-corrected chi connectivity index (χ3v) is 3.20. The summed E-state index contributed by atoms with van der Waals surface area (Å²) in [5.74, 6) is -0.688. The van der Waals surface area contributed by atoms with Crippen molar-refractivity contribution < 1.29 is 9.18 Å². The molecule has 0 unspecified atom stereocenters. The van der Waals surface area contributed by atoms with E-state index in [0.29, 0.717) is 27.8 Å². The van der Waals surface area contributed by atoms with Crippen molar-refractivity contribution in [3.63, 3.8) is 0 Å². The highest BCUT2D eigenvalue weighted by atomic mass is 35.5. The highest BCUT2D eigenvalue weighted by molar-refractivity contribution is 6.30. The zero-order valence-corrected chi connectivity index (χ0v) is 11.8. The average molecular weight is 305 g/mol. The molecule has 3 aromatic rings. The van der Waals surface area contributed by atoms with E-state index < -0.39 is 5.95 Å². The van der Waals surface area contributed by atoms with Crippen LogP contribution in [0.15, 0.2) is 30.5 Å². The Balaban J connectivity index is 2.25. The first-order valence-corrected chi connectivity index (χ1v) is 6.58. The minimum atomic E-state index is -0.668. The molecule has 0 aromatic carbocycles. The summed E-state index contributed by atoms with van der Waals surface area (Å²) < 4.78 is 14.6. The van der Waals surface area contributed by atoms with E-state index in [4.69, 9.17) is 11.6 Å². The van der Waals surface area contributed by atoms with Crippen molar-refractivity contribution in [2.75, 3.05) is 0 Å². The first kappa shape index (κ1) is 13.6. The van der Waals surface area contributed by atoms with Gasteiger partial charge in [0.1, 0.15) is 22.8 Å². The Labute approximate surface area is 124 Å². The fraction of sp³-hybridized carbons (Fsp3) is 0.143. The number of imidazole rings is 1. The van der Waals surface area contributed by atoms with Crippen molar-refractivity contribution in [1.29, 1.82) is 0 Å². The van der Waals surface area contributed by atoms with Crippen LogP contribution in [0, 0.1) is 5.95 Å². The fourth-order valence-electron chi connectivity index (χ4n) is 2.12. The van der Waals surface area contributed by atoms with E-state index in [2.05, 4.69) is 15.2 Å². The summed E-state index contributed by atoms with van der Waals surface area (Å²) in [6, 6.07) is 6.14. The molecule has 0 amide bonds. The third kappa shape index (κ3) is 2.62. The molecule has 5 nitrogen and oxygen atoms in total. The van der Waals surface area contributed by atoms with Crippen LogP contribution in [0.5, 0.6) is 0 Å². The van der Waals surface area contributed by atoms with Crippen LogP contribution in [0.25, 0.3) is 17.0 Å². The van der Waals surface area contributed by atoms with Gasteiger partial charge in [-0.2, -0.15) is 4.39 Å². The van der Waals surface area contributed by atoms with Crippen LogP contribution < -0.4 is 0 Å². The SMILES string of the molecule is CC(=O)Cc1c(-c2ccc(F)nn2)nc2ccc(Cl)cn12. The zero-order chi connectivity index (χ0) is 15.0. The Kier molecular flexibility index (Phi) is 3.39. The molecular weight excluding hydrogens is 295 g/mol. The van der Waals surface area contributed by atoms with E-state index in [1.165, 1.54) is 19.1 Å². The van der Waals surface area contributed by atoms with Gasteiger partial charge in [-0.25, -0.2) is 4.98 Å². The van der Waals surface area contributed by atoms with Crippen LogP contribution >= 0.6 is 11.6 Å². The fourth-order valence-corrected chi connectivity index (χ4v) is 2.28. The number of aromatic nitrogens is 4. The quantitative estimate of drug-likeness (QED) is 0.746. The third-order valence-electron chi connectivity index (χ3n) is 2.97. The molecular formula is C14H10ClFN4O. The van der Waals surface area contributed by atoms with Gasteiger partial charge in [0.15, 0.2) is 0 Å². The molecule has 3 rings (SSSR count). The van der Waals surface area contributed by atoms with Crippen LogP contribution in [0.2, 0.25) is 5.02 Å². The van der Waals surface area contributed by atoms with Gasteiger partial charge in [-0.1, -0.05) is 11.6 Å². The number of hydrogen-bond donors (Lipinski definition) is 0. The molecule has 0 aliphatic rings. The lowest BCUT2D eigenvalue weighted by atomic mass is 10.1. The smallest absolute Gasteiger partial charge is 0.233 e. The number of fused-ring (bicyclic) bond motifs is 1. The number of Topliss-reactive ketones (excluding diaryl/α,β-unsaturated/α-hetero) is 1. The molecule has 0 spiro atoms. The highest BCUT2D eigenvalue weighted by Gasteiger charge is 2.17. The molecule has 0 saturated carbocycles. The van der Waals surface area contributed by atoms with Crippen molar-refractivity contribution in [1.82, 2.24) is 19.6 Å². The highest BCUT2D eigenvalue weighted by Crippen LogP contribution is 2.24. The predicted molar refractivity (Wildman–Crippen MR) is 75.6 cm³/mol. The number of pyridine rings is 1. The minimum Gasteiger partial charge on any atom is -0.301 e. The second kappa shape index (κ2) is 5.21. The maximum atomic E-state index is 12.9.